The fourth-order valence-electron chi connectivity index (χ4n) is 4.16. The molecule has 28 heavy (non-hydrogen) atoms. The number of sulfonamides is 1. The molecule has 4 rings (SSSR count). The minimum absolute atomic E-state index is 0.0315. The Bertz CT molecular complexity index is 965. The molecule has 0 bridgehead atoms. The van der Waals surface area contributed by atoms with Crippen molar-refractivity contribution < 1.29 is 13.2 Å². The number of rotatable bonds is 4. The van der Waals surface area contributed by atoms with Gasteiger partial charge in [-0.25, -0.2) is 8.42 Å². The van der Waals surface area contributed by atoms with Crippen molar-refractivity contribution in [2.24, 2.45) is 0 Å². The zero-order valence-electron chi connectivity index (χ0n) is 16.2. The number of fused-ring (bicyclic) bond motifs is 1. The topological polar surface area (TPSA) is 60.9 Å². The number of hydrogen-bond donors (Lipinski definition) is 0. The number of hydrogen-bond acceptors (Lipinski definition) is 5. The third-order valence-electron chi connectivity index (χ3n) is 5.46. The minimum atomic E-state index is -3.31. The van der Waals surface area contributed by atoms with Gasteiger partial charge in [-0.2, -0.15) is 0 Å². The molecule has 3 heterocycles. The zero-order chi connectivity index (χ0) is 19.9. The van der Waals surface area contributed by atoms with Crippen molar-refractivity contribution in [3.63, 3.8) is 0 Å². The molecule has 150 valence electrons. The van der Waals surface area contributed by atoms with Crippen molar-refractivity contribution in [1.82, 2.24) is 9.80 Å². The van der Waals surface area contributed by atoms with E-state index in [2.05, 4.69) is 22.4 Å². The summed E-state index contributed by atoms with van der Waals surface area (Å²) < 4.78 is 25.6. The van der Waals surface area contributed by atoms with Gasteiger partial charge in [0.05, 0.1) is 11.9 Å². The summed E-state index contributed by atoms with van der Waals surface area (Å²) >= 11 is 1.76. The van der Waals surface area contributed by atoms with Gasteiger partial charge in [-0.05, 0) is 48.6 Å². The Morgan fingerprint density at radius 2 is 1.93 bits per heavy atom. The van der Waals surface area contributed by atoms with E-state index in [1.807, 2.05) is 17.9 Å². The molecule has 1 aromatic heterocycles. The molecule has 6 nitrogen and oxygen atoms in total. The summed E-state index contributed by atoms with van der Waals surface area (Å²) in [4.78, 5) is 18.6. The molecule has 1 fully saturated rings. The van der Waals surface area contributed by atoms with Crippen LogP contribution in [-0.2, 0) is 23.0 Å². The molecule has 0 unspecified atom stereocenters. The Hall–Kier alpha value is -1.90. The van der Waals surface area contributed by atoms with Crippen molar-refractivity contribution in [3.8, 4) is 0 Å². The monoisotopic (exact) mass is 419 g/mol. The Morgan fingerprint density at radius 1 is 1.18 bits per heavy atom. The van der Waals surface area contributed by atoms with Crippen LogP contribution in [0, 0.1) is 0 Å². The quantitative estimate of drug-likeness (QED) is 0.764. The van der Waals surface area contributed by atoms with Crippen molar-refractivity contribution in [2.75, 3.05) is 36.7 Å². The van der Waals surface area contributed by atoms with Crippen molar-refractivity contribution in [3.05, 3.63) is 51.7 Å². The number of piperazine rings is 1. The highest BCUT2D eigenvalue weighted by Crippen LogP contribution is 2.35. The highest BCUT2D eigenvalue weighted by atomic mass is 32.2. The van der Waals surface area contributed by atoms with Crippen molar-refractivity contribution >= 4 is 33.0 Å². The van der Waals surface area contributed by atoms with Gasteiger partial charge in [0.2, 0.25) is 10.0 Å². The first kappa shape index (κ1) is 19.4. The second-order valence-corrected chi connectivity index (χ2v) is 10.5. The summed E-state index contributed by atoms with van der Waals surface area (Å²) in [6, 6.07) is 9.51. The first-order valence-corrected chi connectivity index (χ1v) is 12.2. The van der Waals surface area contributed by atoms with Crippen molar-refractivity contribution in [1.29, 1.82) is 0 Å². The Balaban J connectivity index is 1.43. The molecule has 0 saturated carbocycles. The number of amides is 1. The highest BCUT2D eigenvalue weighted by molar-refractivity contribution is 7.92. The molecule has 1 amide bonds. The largest absolute Gasteiger partial charge is 0.336 e. The van der Waals surface area contributed by atoms with Gasteiger partial charge in [0.15, 0.2) is 0 Å². The molecule has 1 atom stereocenters. The molecule has 0 N–H and O–H groups in total. The van der Waals surface area contributed by atoms with Gasteiger partial charge in [0, 0.05) is 49.2 Å². The van der Waals surface area contributed by atoms with E-state index in [1.54, 1.807) is 23.5 Å². The van der Waals surface area contributed by atoms with Crippen LogP contribution in [0.3, 0.4) is 0 Å². The van der Waals surface area contributed by atoms with Crippen LogP contribution < -0.4 is 4.31 Å². The van der Waals surface area contributed by atoms with E-state index in [-0.39, 0.29) is 11.9 Å². The lowest BCUT2D eigenvalue weighted by Crippen LogP contribution is -2.48. The first-order chi connectivity index (χ1) is 13.3. The maximum absolute atomic E-state index is 13.0. The number of nitrogens with zero attached hydrogens (tertiary/aromatic N) is 3. The van der Waals surface area contributed by atoms with E-state index in [0.717, 1.165) is 25.2 Å². The van der Waals surface area contributed by atoms with Gasteiger partial charge in [0.25, 0.3) is 5.91 Å². The number of thiophene rings is 1. The van der Waals surface area contributed by atoms with Gasteiger partial charge >= 0.3 is 0 Å². The smallest absolute Gasteiger partial charge is 0.253 e. The number of carbonyl (C=O) groups is 1. The maximum Gasteiger partial charge on any atom is 0.253 e. The lowest BCUT2D eigenvalue weighted by atomic mass is 10.1. The van der Waals surface area contributed by atoms with Crippen LogP contribution in [-0.4, -0.2) is 62.6 Å². The molecule has 1 saturated heterocycles. The Labute approximate surface area is 170 Å². The normalized spacial score (nSPS) is 20.4. The summed E-state index contributed by atoms with van der Waals surface area (Å²) in [6.07, 6.45) is 1.87. The number of carbonyl (C=O) groups excluding carboxylic acids is 1. The zero-order valence-corrected chi connectivity index (χ0v) is 17.8. The average Bonchev–Trinajstić information content (AvgIpc) is 3.27. The molecule has 0 radical (unpaired) electrons. The van der Waals surface area contributed by atoms with Crippen LogP contribution in [0.2, 0.25) is 0 Å². The van der Waals surface area contributed by atoms with E-state index in [4.69, 9.17) is 0 Å². The fraction of sp³-hybridized carbons (Fsp3) is 0.450. The van der Waals surface area contributed by atoms with Crippen LogP contribution >= 0.6 is 11.3 Å². The molecular weight excluding hydrogens is 394 g/mol. The molecular formula is C20H25N3O3S2. The van der Waals surface area contributed by atoms with E-state index in [0.29, 0.717) is 30.8 Å². The molecule has 2 aromatic rings. The Morgan fingerprint density at radius 3 is 2.57 bits per heavy atom. The third-order valence-corrected chi connectivity index (χ3v) is 7.59. The maximum atomic E-state index is 13.0. The van der Waals surface area contributed by atoms with E-state index >= 15 is 0 Å². The fourth-order valence-corrected chi connectivity index (χ4v) is 6.17. The van der Waals surface area contributed by atoms with Crippen LogP contribution in [0.1, 0.15) is 27.7 Å². The molecule has 0 spiro atoms. The molecule has 2 aliphatic rings. The third kappa shape index (κ3) is 3.81. The van der Waals surface area contributed by atoms with Crippen LogP contribution in [0.15, 0.2) is 35.7 Å². The van der Waals surface area contributed by atoms with Gasteiger partial charge in [-0.15, -0.1) is 11.3 Å². The van der Waals surface area contributed by atoms with Crippen LogP contribution in [0.25, 0.3) is 0 Å². The second-order valence-electron chi connectivity index (χ2n) is 7.60. The lowest BCUT2D eigenvalue weighted by molar-refractivity contribution is 0.0629. The number of benzene rings is 1. The molecule has 2 aliphatic heterocycles. The standard InChI is InChI=1S/C20H25N3O3S2/c1-15-12-17-13-16(5-6-19(17)23(15)28(2,25)26)20(24)22-9-7-21(8-10-22)14-18-4-3-11-27-18/h3-6,11,13,15H,7-10,12,14H2,1-2H3/t15-/m0/s1. The van der Waals surface area contributed by atoms with Gasteiger partial charge in [-0.1, -0.05) is 6.07 Å². The van der Waals surface area contributed by atoms with Crippen LogP contribution in [0.5, 0.6) is 0 Å². The highest BCUT2D eigenvalue weighted by Gasteiger charge is 2.33. The second kappa shape index (κ2) is 7.50. The summed E-state index contributed by atoms with van der Waals surface area (Å²) in [5, 5.41) is 2.09. The first-order valence-electron chi connectivity index (χ1n) is 9.49. The minimum Gasteiger partial charge on any atom is -0.336 e. The van der Waals surface area contributed by atoms with Gasteiger partial charge < -0.3 is 4.90 Å². The average molecular weight is 420 g/mol. The predicted molar refractivity (Wildman–Crippen MR) is 112 cm³/mol. The molecule has 1 aromatic carbocycles. The van der Waals surface area contributed by atoms with E-state index in [1.165, 1.54) is 15.4 Å². The molecule has 0 aliphatic carbocycles. The van der Waals surface area contributed by atoms with Crippen molar-refractivity contribution in [2.45, 2.75) is 25.9 Å². The summed E-state index contributed by atoms with van der Waals surface area (Å²) in [5.41, 5.74) is 2.28. The predicted octanol–water partition coefficient (Wildman–Crippen LogP) is 2.42. The van der Waals surface area contributed by atoms with Crippen LogP contribution in [0.4, 0.5) is 5.69 Å². The van der Waals surface area contributed by atoms with Gasteiger partial charge in [0.1, 0.15) is 0 Å². The Kier molecular flexibility index (Phi) is 5.20. The summed E-state index contributed by atoms with van der Waals surface area (Å²) in [5.74, 6) is 0.0315. The van der Waals surface area contributed by atoms with Gasteiger partial charge in [-0.3, -0.25) is 14.0 Å². The summed E-state index contributed by atoms with van der Waals surface area (Å²) in [6.45, 7) is 6.01. The molecule has 8 heteroatoms. The number of anilines is 1. The SMILES string of the molecule is C[C@H]1Cc2cc(C(=O)N3CCN(Cc4cccs4)CC3)ccc2N1S(C)(=O)=O. The van der Waals surface area contributed by atoms with E-state index < -0.39 is 10.0 Å². The lowest BCUT2D eigenvalue weighted by Gasteiger charge is -2.34. The summed E-state index contributed by atoms with van der Waals surface area (Å²) in [7, 11) is -3.31. The van der Waals surface area contributed by atoms with E-state index in [9.17, 15) is 13.2 Å².